The number of rotatable bonds is 4. The third-order valence-corrected chi connectivity index (χ3v) is 10.5. The van der Waals surface area contributed by atoms with Gasteiger partial charge in [0.05, 0.1) is 27.8 Å². The molecule has 0 bridgehead atoms. The van der Waals surface area contributed by atoms with E-state index in [1.165, 1.54) is 49.3 Å². The maximum absolute atomic E-state index is 5.45. The van der Waals surface area contributed by atoms with Crippen LogP contribution in [0.1, 0.15) is 0 Å². The highest BCUT2D eigenvalue weighted by Crippen LogP contribution is 2.48. The van der Waals surface area contributed by atoms with E-state index >= 15 is 0 Å². The summed E-state index contributed by atoms with van der Waals surface area (Å²) in [5, 5.41) is 7.02. The smallest absolute Gasteiger partial charge is 0.236 e. The van der Waals surface area contributed by atoms with Gasteiger partial charge in [-0.1, -0.05) is 164 Å². The second kappa shape index (κ2) is 11.2. The summed E-state index contributed by atoms with van der Waals surface area (Å²) in [4.78, 5) is 10.8. The van der Waals surface area contributed by atoms with Gasteiger partial charge in [0.1, 0.15) is 5.65 Å². The van der Waals surface area contributed by atoms with E-state index in [0.717, 1.165) is 44.2 Å². The van der Waals surface area contributed by atoms with Crippen LogP contribution in [0.5, 0.6) is 0 Å². The predicted molar refractivity (Wildman–Crippen MR) is 216 cm³/mol. The van der Waals surface area contributed by atoms with Crippen molar-refractivity contribution in [2.45, 2.75) is 0 Å². The first-order valence-electron chi connectivity index (χ1n) is 17.7. The fourth-order valence-electron chi connectivity index (χ4n) is 8.35. The van der Waals surface area contributed by atoms with Crippen molar-refractivity contribution in [3.8, 4) is 39.5 Å². The van der Waals surface area contributed by atoms with E-state index in [-0.39, 0.29) is 0 Å². The lowest BCUT2D eigenvalue weighted by atomic mass is 9.94. The Bertz CT molecular complexity index is 3160. The second-order valence-corrected chi connectivity index (χ2v) is 13.3. The average molecular weight is 663 g/mol. The predicted octanol–water partition coefficient (Wildman–Crippen LogP) is 12.3. The number of para-hydroxylation sites is 2. The summed E-state index contributed by atoms with van der Waals surface area (Å²) in [5.41, 5.74) is 12.1. The Morgan fingerprint density at radius 3 is 1.71 bits per heavy atom. The molecular formula is C48H30N4. The number of fused-ring (bicyclic) bond motifs is 11. The van der Waals surface area contributed by atoms with Crippen molar-refractivity contribution in [3.63, 3.8) is 0 Å². The van der Waals surface area contributed by atoms with Gasteiger partial charge in [-0.2, -0.15) is 0 Å². The molecule has 4 heteroatoms. The quantitative estimate of drug-likeness (QED) is 0.176. The van der Waals surface area contributed by atoms with Gasteiger partial charge in [0.25, 0.3) is 0 Å². The lowest BCUT2D eigenvalue weighted by molar-refractivity contribution is 0.993. The molecule has 4 nitrogen and oxygen atoms in total. The number of aromatic nitrogens is 4. The van der Waals surface area contributed by atoms with E-state index in [1.54, 1.807) is 0 Å². The van der Waals surface area contributed by atoms with Gasteiger partial charge in [-0.15, -0.1) is 0 Å². The summed E-state index contributed by atoms with van der Waals surface area (Å²) in [6.45, 7) is 0. The molecule has 52 heavy (non-hydrogen) atoms. The second-order valence-electron chi connectivity index (χ2n) is 13.3. The van der Waals surface area contributed by atoms with Crippen LogP contribution in [0, 0.1) is 0 Å². The molecule has 7 aromatic carbocycles. The van der Waals surface area contributed by atoms with Crippen LogP contribution < -0.4 is 0 Å². The van der Waals surface area contributed by atoms with E-state index in [9.17, 15) is 0 Å². The van der Waals surface area contributed by atoms with E-state index < -0.39 is 0 Å². The molecule has 0 radical (unpaired) electrons. The Hall–Kier alpha value is -7.04. The molecule has 11 rings (SSSR count). The molecule has 0 amide bonds. The molecule has 0 aliphatic heterocycles. The minimum absolute atomic E-state index is 0.642. The molecule has 0 atom stereocenters. The van der Waals surface area contributed by atoms with Gasteiger partial charge in [-0.05, 0) is 40.3 Å². The zero-order chi connectivity index (χ0) is 34.2. The Balaban J connectivity index is 1.41. The number of pyridine rings is 1. The minimum atomic E-state index is 0.642. The monoisotopic (exact) mass is 662 g/mol. The molecule has 0 N–H and O–H groups in total. The first kappa shape index (κ1) is 28.8. The van der Waals surface area contributed by atoms with Gasteiger partial charge >= 0.3 is 0 Å². The highest BCUT2D eigenvalue weighted by molar-refractivity contribution is 6.28. The first-order chi connectivity index (χ1) is 25.8. The standard InChI is InChI=1S/C48H30N4/c1-4-17-31(18-5-1)34-27-16-30-41-43(34)35-23-10-11-24-36(35)46-42(32-19-6-2-7-20-32)44-38-26-13-15-29-40(38)52(47(44)51(41)46)48-49-39-28-14-12-25-37(39)45(50-48)33-21-8-3-9-22-33/h1-30H. The van der Waals surface area contributed by atoms with Crippen LogP contribution in [-0.4, -0.2) is 18.9 Å². The fraction of sp³-hybridized carbons (Fsp3) is 0. The normalized spacial score (nSPS) is 11.8. The molecule has 0 saturated heterocycles. The molecule has 11 aromatic rings. The Labute approximate surface area is 299 Å². The minimum Gasteiger partial charge on any atom is -0.294 e. The molecule has 0 aliphatic carbocycles. The number of nitrogens with zero attached hydrogens (tertiary/aromatic N) is 4. The van der Waals surface area contributed by atoms with Gasteiger partial charge in [0.2, 0.25) is 5.95 Å². The van der Waals surface area contributed by atoms with Crippen molar-refractivity contribution < 1.29 is 0 Å². The van der Waals surface area contributed by atoms with E-state index in [4.69, 9.17) is 9.97 Å². The van der Waals surface area contributed by atoms with Crippen molar-refractivity contribution in [1.82, 2.24) is 18.9 Å². The van der Waals surface area contributed by atoms with Crippen molar-refractivity contribution >= 4 is 60.0 Å². The SMILES string of the molecule is c1ccc(-c2nc(-n3c4ccccc4c4c(-c5ccccc5)c5c6ccccc6c6c(-c7ccccc7)cccc6n5c43)nc3ccccc23)cc1. The molecule has 0 saturated carbocycles. The van der Waals surface area contributed by atoms with Crippen LogP contribution >= 0.6 is 0 Å². The number of hydrogen-bond acceptors (Lipinski definition) is 2. The Morgan fingerprint density at radius 1 is 0.385 bits per heavy atom. The van der Waals surface area contributed by atoms with Crippen molar-refractivity contribution in [2.75, 3.05) is 0 Å². The topological polar surface area (TPSA) is 35.1 Å². The Morgan fingerprint density at radius 2 is 0.962 bits per heavy atom. The van der Waals surface area contributed by atoms with E-state index in [2.05, 4.69) is 185 Å². The highest BCUT2D eigenvalue weighted by Gasteiger charge is 2.27. The average Bonchev–Trinajstić information content (AvgIpc) is 3.74. The third-order valence-electron chi connectivity index (χ3n) is 10.5. The van der Waals surface area contributed by atoms with Gasteiger partial charge in [-0.25, -0.2) is 9.97 Å². The fourth-order valence-corrected chi connectivity index (χ4v) is 8.35. The van der Waals surface area contributed by atoms with Crippen LogP contribution in [0.2, 0.25) is 0 Å². The van der Waals surface area contributed by atoms with Crippen molar-refractivity contribution in [3.05, 3.63) is 182 Å². The maximum Gasteiger partial charge on any atom is 0.236 e. The van der Waals surface area contributed by atoms with Crippen molar-refractivity contribution in [2.24, 2.45) is 0 Å². The summed E-state index contributed by atoms with van der Waals surface area (Å²) < 4.78 is 4.79. The summed E-state index contributed by atoms with van der Waals surface area (Å²) in [6.07, 6.45) is 0. The third kappa shape index (κ3) is 4.09. The number of hydrogen-bond donors (Lipinski definition) is 0. The van der Waals surface area contributed by atoms with Crippen LogP contribution in [-0.2, 0) is 0 Å². The summed E-state index contributed by atoms with van der Waals surface area (Å²) in [5.74, 6) is 0.642. The largest absolute Gasteiger partial charge is 0.294 e. The van der Waals surface area contributed by atoms with Crippen LogP contribution in [0.15, 0.2) is 182 Å². The molecular weight excluding hydrogens is 633 g/mol. The van der Waals surface area contributed by atoms with Crippen LogP contribution in [0.25, 0.3) is 99.5 Å². The Kier molecular flexibility index (Phi) is 6.22. The molecule has 0 aliphatic rings. The molecule has 4 aromatic heterocycles. The molecule has 0 fully saturated rings. The zero-order valence-electron chi connectivity index (χ0n) is 28.1. The first-order valence-corrected chi connectivity index (χ1v) is 17.7. The molecule has 0 unspecified atom stereocenters. The number of benzene rings is 7. The summed E-state index contributed by atoms with van der Waals surface area (Å²) in [7, 11) is 0. The van der Waals surface area contributed by atoms with Gasteiger partial charge in [0.15, 0.2) is 0 Å². The summed E-state index contributed by atoms with van der Waals surface area (Å²) in [6, 6.07) is 64.7. The van der Waals surface area contributed by atoms with E-state index in [1.807, 2.05) is 6.07 Å². The summed E-state index contributed by atoms with van der Waals surface area (Å²) >= 11 is 0. The van der Waals surface area contributed by atoms with Crippen LogP contribution in [0.3, 0.4) is 0 Å². The van der Waals surface area contributed by atoms with E-state index in [0.29, 0.717) is 5.95 Å². The van der Waals surface area contributed by atoms with Crippen LogP contribution in [0.4, 0.5) is 0 Å². The van der Waals surface area contributed by atoms with Crippen molar-refractivity contribution in [1.29, 1.82) is 0 Å². The van der Waals surface area contributed by atoms with Gasteiger partial charge < -0.3 is 0 Å². The molecule has 0 spiro atoms. The molecule has 4 heterocycles. The zero-order valence-corrected chi connectivity index (χ0v) is 28.1. The lowest BCUT2D eigenvalue weighted by Gasteiger charge is -2.16. The highest BCUT2D eigenvalue weighted by atomic mass is 15.2. The lowest BCUT2D eigenvalue weighted by Crippen LogP contribution is -2.05. The molecule has 242 valence electrons. The maximum atomic E-state index is 5.45. The van der Waals surface area contributed by atoms with Gasteiger partial charge in [0, 0.05) is 38.1 Å². The van der Waals surface area contributed by atoms with Gasteiger partial charge in [-0.3, -0.25) is 8.97 Å².